The van der Waals surface area contributed by atoms with Gasteiger partial charge in [-0.15, -0.1) is 22.9 Å². The van der Waals surface area contributed by atoms with Crippen molar-refractivity contribution in [2.75, 3.05) is 13.1 Å². The Morgan fingerprint density at radius 2 is 2.28 bits per heavy atom. The molecule has 1 aromatic heterocycles. The van der Waals surface area contributed by atoms with Crippen LogP contribution < -0.4 is 0 Å². The first-order valence-electron chi connectivity index (χ1n) is 6.09. The Morgan fingerprint density at radius 1 is 1.56 bits per heavy atom. The molecule has 0 aromatic carbocycles. The van der Waals surface area contributed by atoms with Gasteiger partial charge in [0.25, 0.3) is 0 Å². The topological polar surface area (TPSA) is 37.4 Å². The first-order chi connectivity index (χ1) is 8.46. The molecule has 1 aliphatic heterocycles. The lowest BCUT2D eigenvalue weighted by Gasteiger charge is -2.18. The van der Waals surface area contributed by atoms with Gasteiger partial charge in [-0.1, -0.05) is 13.8 Å². The summed E-state index contributed by atoms with van der Waals surface area (Å²) in [5.74, 6) is 1.26. The van der Waals surface area contributed by atoms with Gasteiger partial charge >= 0.3 is 0 Å². The molecule has 0 N–H and O–H groups in total. The lowest BCUT2D eigenvalue weighted by atomic mass is 9.96. The minimum Gasteiger partial charge on any atom is -0.207 e. The number of hydrogen-bond donors (Lipinski definition) is 0. The van der Waals surface area contributed by atoms with E-state index in [9.17, 15) is 8.42 Å². The molecule has 18 heavy (non-hydrogen) atoms. The molecule has 3 nitrogen and oxygen atoms in total. The average Bonchev–Trinajstić information content (AvgIpc) is 2.98. The summed E-state index contributed by atoms with van der Waals surface area (Å²) in [5.41, 5.74) is 0. The van der Waals surface area contributed by atoms with Crippen LogP contribution in [0, 0.1) is 11.8 Å². The van der Waals surface area contributed by atoms with Gasteiger partial charge in [-0.05, 0) is 29.7 Å². The van der Waals surface area contributed by atoms with Crippen LogP contribution in [0.25, 0.3) is 0 Å². The molecular weight excluding hydrogens is 290 g/mol. The minimum absolute atomic E-state index is 0.258. The van der Waals surface area contributed by atoms with Crippen molar-refractivity contribution in [1.82, 2.24) is 4.31 Å². The van der Waals surface area contributed by atoms with Crippen molar-refractivity contribution in [3.63, 3.8) is 0 Å². The highest BCUT2D eigenvalue weighted by atomic mass is 35.5. The van der Waals surface area contributed by atoms with Gasteiger partial charge in [0.15, 0.2) is 0 Å². The van der Waals surface area contributed by atoms with Crippen molar-refractivity contribution < 1.29 is 8.42 Å². The number of halogens is 1. The highest BCUT2D eigenvalue weighted by Gasteiger charge is 2.34. The number of alkyl halides is 1. The van der Waals surface area contributed by atoms with Gasteiger partial charge in [0, 0.05) is 18.0 Å². The zero-order chi connectivity index (χ0) is 13.3. The number of thiophene rings is 1. The third kappa shape index (κ3) is 2.59. The fraction of sp³-hybridized carbons (Fsp3) is 0.667. The Morgan fingerprint density at radius 3 is 2.83 bits per heavy atom. The van der Waals surface area contributed by atoms with Crippen molar-refractivity contribution in [2.24, 2.45) is 11.8 Å². The Bertz CT molecular complexity index is 510. The Kier molecular flexibility index (Phi) is 4.36. The summed E-state index contributed by atoms with van der Waals surface area (Å²) in [5, 5.41) is 1.79. The van der Waals surface area contributed by atoms with Gasteiger partial charge in [0.2, 0.25) is 10.0 Å². The van der Waals surface area contributed by atoms with Crippen molar-refractivity contribution in [3.05, 3.63) is 16.3 Å². The summed E-state index contributed by atoms with van der Waals surface area (Å²) in [7, 11) is -3.35. The molecule has 0 aliphatic carbocycles. The maximum atomic E-state index is 12.5. The van der Waals surface area contributed by atoms with Crippen molar-refractivity contribution in [1.29, 1.82) is 0 Å². The number of rotatable bonds is 4. The van der Waals surface area contributed by atoms with E-state index in [0.29, 0.717) is 29.8 Å². The van der Waals surface area contributed by atoms with E-state index in [2.05, 4.69) is 13.8 Å². The van der Waals surface area contributed by atoms with E-state index in [1.807, 2.05) is 0 Å². The molecule has 1 fully saturated rings. The highest BCUT2D eigenvalue weighted by molar-refractivity contribution is 7.89. The molecule has 0 amide bonds. The molecule has 1 aromatic rings. The fourth-order valence-corrected chi connectivity index (χ4v) is 5.50. The van der Waals surface area contributed by atoms with Crippen molar-refractivity contribution in [2.45, 2.75) is 31.0 Å². The van der Waals surface area contributed by atoms with Gasteiger partial charge in [-0.2, -0.15) is 4.31 Å². The van der Waals surface area contributed by atoms with E-state index in [1.165, 1.54) is 11.3 Å². The van der Waals surface area contributed by atoms with Crippen LogP contribution >= 0.6 is 22.9 Å². The molecule has 0 bridgehead atoms. The minimum atomic E-state index is -3.35. The second-order valence-electron chi connectivity index (χ2n) is 5.00. The molecule has 1 aliphatic rings. The number of hydrogen-bond acceptors (Lipinski definition) is 3. The summed E-state index contributed by atoms with van der Waals surface area (Å²) >= 11 is 7.20. The smallest absolute Gasteiger partial charge is 0.207 e. The van der Waals surface area contributed by atoms with Crippen LogP contribution in [0.4, 0.5) is 0 Å². The second kappa shape index (κ2) is 5.49. The van der Waals surface area contributed by atoms with Crippen LogP contribution in [0.2, 0.25) is 0 Å². The van der Waals surface area contributed by atoms with Crippen LogP contribution in [0.1, 0.15) is 25.1 Å². The largest absolute Gasteiger partial charge is 0.244 e. The zero-order valence-corrected chi connectivity index (χ0v) is 13.0. The first-order valence-corrected chi connectivity index (χ1v) is 8.94. The molecule has 1 saturated heterocycles. The lowest BCUT2D eigenvalue weighted by Crippen LogP contribution is -2.29. The van der Waals surface area contributed by atoms with E-state index < -0.39 is 10.0 Å². The molecule has 2 heterocycles. The summed E-state index contributed by atoms with van der Waals surface area (Å²) in [6.07, 6.45) is 0.956. The molecule has 6 heteroatoms. The van der Waals surface area contributed by atoms with E-state index >= 15 is 0 Å². The Labute approximate surface area is 118 Å². The fourth-order valence-electron chi connectivity index (χ4n) is 2.31. The molecule has 0 saturated carbocycles. The number of sulfonamides is 1. The van der Waals surface area contributed by atoms with E-state index in [0.717, 1.165) is 11.3 Å². The molecule has 102 valence electrons. The number of nitrogens with zero attached hydrogens (tertiary/aromatic N) is 1. The first kappa shape index (κ1) is 14.3. The van der Waals surface area contributed by atoms with Crippen LogP contribution in [0.15, 0.2) is 16.3 Å². The van der Waals surface area contributed by atoms with Gasteiger partial charge in [0.1, 0.15) is 0 Å². The molecule has 1 atom stereocenters. The van der Waals surface area contributed by atoms with E-state index in [4.69, 9.17) is 11.6 Å². The van der Waals surface area contributed by atoms with Crippen molar-refractivity contribution in [3.8, 4) is 0 Å². The molecular formula is C12H18ClNO2S2. The Balaban J connectivity index is 2.23. The monoisotopic (exact) mass is 307 g/mol. The zero-order valence-electron chi connectivity index (χ0n) is 10.6. The maximum Gasteiger partial charge on any atom is 0.244 e. The van der Waals surface area contributed by atoms with Crippen LogP contribution in [-0.4, -0.2) is 25.8 Å². The van der Waals surface area contributed by atoms with E-state index in [-0.39, 0.29) is 5.88 Å². The summed E-state index contributed by atoms with van der Waals surface area (Å²) in [6, 6.07) is 1.67. The molecule has 0 spiro atoms. The summed E-state index contributed by atoms with van der Waals surface area (Å²) in [6.45, 7) is 5.56. The summed E-state index contributed by atoms with van der Waals surface area (Å²) in [4.78, 5) is 1.14. The predicted molar refractivity (Wildman–Crippen MR) is 75.6 cm³/mol. The highest BCUT2D eigenvalue weighted by Crippen LogP contribution is 2.32. The average molecular weight is 308 g/mol. The standard InChI is InChI=1S/C12H18ClNO2S2/c1-9(2)10-3-5-14(8-10)18(15,16)12-4-6-17-11(12)7-13/h4,6,9-10H,3,5,7-8H2,1-2H3. The normalized spacial score (nSPS) is 21.9. The van der Waals surface area contributed by atoms with Crippen molar-refractivity contribution >= 4 is 33.0 Å². The lowest BCUT2D eigenvalue weighted by molar-refractivity contribution is 0.388. The molecule has 0 radical (unpaired) electrons. The van der Waals surface area contributed by atoms with Crippen LogP contribution in [0.3, 0.4) is 0 Å². The van der Waals surface area contributed by atoms with Crippen LogP contribution in [0.5, 0.6) is 0 Å². The predicted octanol–water partition coefficient (Wildman–Crippen LogP) is 3.15. The second-order valence-corrected chi connectivity index (χ2v) is 8.17. The van der Waals surface area contributed by atoms with E-state index in [1.54, 1.807) is 15.8 Å². The summed E-state index contributed by atoms with van der Waals surface area (Å²) < 4.78 is 26.6. The molecule has 2 rings (SSSR count). The third-order valence-corrected chi connectivity index (χ3v) is 7.00. The van der Waals surface area contributed by atoms with Crippen LogP contribution in [-0.2, 0) is 15.9 Å². The third-order valence-electron chi connectivity index (χ3n) is 3.57. The maximum absolute atomic E-state index is 12.5. The van der Waals surface area contributed by atoms with Gasteiger partial charge in [0.05, 0.1) is 10.8 Å². The Hall–Kier alpha value is -0.100. The molecule has 1 unspecified atom stereocenters. The van der Waals surface area contributed by atoms with Gasteiger partial charge in [-0.25, -0.2) is 8.42 Å². The quantitative estimate of drug-likeness (QED) is 0.801. The SMILES string of the molecule is CC(C)C1CCN(S(=O)(=O)c2ccsc2CCl)C1. The van der Waals surface area contributed by atoms with Gasteiger partial charge in [-0.3, -0.25) is 0 Å². The van der Waals surface area contributed by atoms with Gasteiger partial charge < -0.3 is 0 Å².